The molecule has 0 N–H and O–H groups in total. The monoisotopic (exact) mass is 233 g/mol. The van der Waals surface area contributed by atoms with E-state index in [9.17, 15) is 4.79 Å². The van der Waals surface area contributed by atoms with Crippen molar-refractivity contribution in [2.24, 2.45) is 0 Å². The number of carbonyl (C=O) groups excluding carboxylic acids is 1. The largest absolute Gasteiger partial charge is 0.453 e. The molecule has 0 aliphatic carbocycles. The van der Waals surface area contributed by atoms with E-state index in [1.807, 2.05) is 50.2 Å². The number of esters is 1. The molecule has 0 aliphatic heterocycles. The van der Waals surface area contributed by atoms with Crippen LogP contribution in [0.3, 0.4) is 0 Å². The molecule has 0 amide bonds. The summed E-state index contributed by atoms with van der Waals surface area (Å²) >= 11 is 0. The molecule has 3 nitrogen and oxygen atoms in total. The number of ether oxygens (including phenoxy) is 1. The van der Waals surface area contributed by atoms with E-state index in [2.05, 4.69) is 6.58 Å². The van der Waals surface area contributed by atoms with Crippen LogP contribution in [0.25, 0.3) is 0 Å². The first-order chi connectivity index (χ1) is 7.93. The van der Waals surface area contributed by atoms with Gasteiger partial charge in [0.2, 0.25) is 0 Å². The lowest BCUT2D eigenvalue weighted by Gasteiger charge is -2.24. The molecule has 0 heterocycles. The molecule has 0 aromatic heterocycles. The van der Waals surface area contributed by atoms with E-state index in [1.165, 1.54) is 6.92 Å². The van der Waals surface area contributed by atoms with E-state index in [-0.39, 0.29) is 12.1 Å². The van der Waals surface area contributed by atoms with E-state index in [1.54, 1.807) is 0 Å². The van der Waals surface area contributed by atoms with Gasteiger partial charge in [0.1, 0.15) is 6.10 Å². The number of rotatable bonds is 4. The fourth-order valence-corrected chi connectivity index (χ4v) is 1.71. The third-order valence-corrected chi connectivity index (χ3v) is 2.43. The van der Waals surface area contributed by atoms with E-state index < -0.39 is 0 Å². The minimum Gasteiger partial charge on any atom is -0.453 e. The van der Waals surface area contributed by atoms with Crippen molar-refractivity contribution in [2.75, 3.05) is 19.0 Å². The van der Waals surface area contributed by atoms with Gasteiger partial charge in [-0.05, 0) is 18.6 Å². The van der Waals surface area contributed by atoms with Crippen LogP contribution in [-0.2, 0) is 9.53 Å². The van der Waals surface area contributed by atoms with Crippen LogP contribution < -0.4 is 4.90 Å². The van der Waals surface area contributed by atoms with Crippen LogP contribution in [0.4, 0.5) is 5.69 Å². The van der Waals surface area contributed by atoms with Gasteiger partial charge in [0.05, 0.1) is 0 Å². The third-order valence-electron chi connectivity index (χ3n) is 2.43. The molecule has 1 rings (SSSR count). The van der Waals surface area contributed by atoms with Crippen molar-refractivity contribution in [1.29, 1.82) is 0 Å². The maximum absolute atomic E-state index is 11.1. The normalized spacial score (nSPS) is 11.8. The zero-order chi connectivity index (χ0) is 13.0. The lowest BCUT2D eigenvalue weighted by atomic mass is 10.0. The lowest BCUT2D eigenvalue weighted by Crippen LogP contribution is -2.16. The van der Waals surface area contributed by atoms with Crippen LogP contribution in [0, 0.1) is 0 Å². The molecule has 0 radical (unpaired) electrons. The van der Waals surface area contributed by atoms with E-state index in [0.29, 0.717) is 0 Å². The van der Waals surface area contributed by atoms with Crippen LogP contribution in [0.2, 0.25) is 0 Å². The van der Waals surface area contributed by atoms with Crippen molar-refractivity contribution in [1.82, 2.24) is 0 Å². The molecule has 0 aliphatic rings. The highest BCUT2D eigenvalue weighted by atomic mass is 16.5. The fourth-order valence-electron chi connectivity index (χ4n) is 1.71. The fraction of sp³-hybridized carbons (Fsp3) is 0.357. The second-order valence-corrected chi connectivity index (χ2v) is 4.29. The minimum atomic E-state index is -0.383. The molecule has 1 unspecified atom stereocenters. The summed E-state index contributed by atoms with van der Waals surface area (Å²) in [7, 11) is 3.92. The van der Waals surface area contributed by atoms with Gasteiger partial charge in [-0.25, -0.2) is 0 Å². The average Bonchev–Trinajstić information content (AvgIpc) is 2.25. The Kier molecular flexibility index (Phi) is 4.32. The van der Waals surface area contributed by atoms with E-state index in [4.69, 9.17) is 4.74 Å². The Balaban J connectivity index is 3.18. The second-order valence-electron chi connectivity index (χ2n) is 4.29. The van der Waals surface area contributed by atoms with Crippen molar-refractivity contribution in [3.63, 3.8) is 0 Å². The van der Waals surface area contributed by atoms with Gasteiger partial charge in [-0.1, -0.05) is 24.8 Å². The minimum absolute atomic E-state index is 0.299. The van der Waals surface area contributed by atoms with Gasteiger partial charge in [0.15, 0.2) is 0 Å². The zero-order valence-electron chi connectivity index (χ0n) is 10.9. The summed E-state index contributed by atoms with van der Waals surface area (Å²) in [4.78, 5) is 13.1. The number of benzene rings is 1. The van der Waals surface area contributed by atoms with Crippen molar-refractivity contribution < 1.29 is 9.53 Å². The number of para-hydroxylation sites is 1. The van der Waals surface area contributed by atoms with Gasteiger partial charge in [0.25, 0.3) is 0 Å². The third kappa shape index (κ3) is 3.34. The molecular formula is C14H19NO2. The first-order valence-electron chi connectivity index (χ1n) is 5.52. The van der Waals surface area contributed by atoms with E-state index >= 15 is 0 Å². The standard InChI is InChI=1S/C14H19NO2/c1-10(2)14(17-11(3)16)12-8-6-7-9-13(12)15(4)5/h6-9,14H,1H2,2-5H3. The van der Waals surface area contributed by atoms with Crippen LogP contribution in [-0.4, -0.2) is 20.1 Å². The molecule has 92 valence electrons. The summed E-state index contributed by atoms with van der Waals surface area (Å²) in [6.45, 7) is 7.16. The number of hydrogen-bond donors (Lipinski definition) is 0. The highest BCUT2D eigenvalue weighted by molar-refractivity contribution is 5.67. The van der Waals surface area contributed by atoms with E-state index in [0.717, 1.165) is 16.8 Å². The van der Waals surface area contributed by atoms with Crippen molar-refractivity contribution in [3.05, 3.63) is 42.0 Å². The van der Waals surface area contributed by atoms with Gasteiger partial charge in [0, 0.05) is 32.3 Å². The number of hydrogen-bond acceptors (Lipinski definition) is 3. The summed E-state index contributed by atoms with van der Waals surface area (Å²) in [6, 6.07) is 7.84. The quantitative estimate of drug-likeness (QED) is 0.591. The van der Waals surface area contributed by atoms with Gasteiger partial charge < -0.3 is 9.64 Å². The summed E-state index contributed by atoms with van der Waals surface area (Å²) in [5, 5.41) is 0. The molecule has 0 saturated carbocycles. The Bertz CT molecular complexity index is 424. The van der Waals surface area contributed by atoms with Gasteiger partial charge >= 0.3 is 5.97 Å². The Labute approximate surface area is 103 Å². The topological polar surface area (TPSA) is 29.5 Å². The molecule has 0 bridgehead atoms. The van der Waals surface area contributed by atoms with Crippen LogP contribution >= 0.6 is 0 Å². The Morgan fingerprint density at radius 3 is 2.35 bits per heavy atom. The molecule has 0 spiro atoms. The first-order valence-corrected chi connectivity index (χ1v) is 5.52. The highest BCUT2D eigenvalue weighted by Gasteiger charge is 2.19. The maximum atomic E-state index is 11.1. The Hall–Kier alpha value is -1.77. The number of nitrogens with zero attached hydrogens (tertiary/aromatic N) is 1. The summed E-state index contributed by atoms with van der Waals surface area (Å²) in [5.74, 6) is -0.299. The summed E-state index contributed by atoms with van der Waals surface area (Å²) in [5.41, 5.74) is 2.80. The molecule has 17 heavy (non-hydrogen) atoms. The summed E-state index contributed by atoms with van der Waals surface area (Å²) in [6.07, 6.45) is -0.383. The number of carbonyl (C=O) groups is 1. The molecule has 1 aromatic carbocycles. The molecule has 1 aromatic rings. The van der Waals surface area contributed by atoms with Crippen LogP contribution in [0.5, 0.6) is 0 Å². The van der Waals surface area contributed by atoms with Gasteiger partial charge in [-0.15, -0.1) is 0 Å². The molecule has 0 fully saturated rings. The Morgan fingerprint density at radius 2 is 1.88 bits per heavy atom. The lowest BCUT2D eigenvalue weighted by molar-refractivity contribution is -0.144. The van der Waals surface area contributed by atoms with Gasteiger partial charge in [-0.2, -0.15) is 0 Å². The number of anilines is 1. The highest BCUT2D eigenvalue weighted by Crippen LogP contribution is 2.31. The zero-order valence-corrected chi connectivity index (χ0v) is 10.9. The van der Waals surface area contributed by atoms with Crippen LogP contribution in [0.15, 0.2) is 36.4 Å². The van der Waals surface area contributed by atoms with Crippen molar-refractivity contribution in [2.45, 2.75) is 20.0 Å². The Morgan fingerprint density at radius 1 is 1.29 bits per heavy atom. The molecular weight excluding hydrogens is 214 g/mol. The van der Waals surface area contributed by atoms with Crippen molar-refractivity contribution >= 4 is 11.7 Å². The maximum Gasteiger partial charge on any atom is 0.303 e. The second kappa shape index (κ2) is 5.53. The molecule has 0 saturated heterocycles. The van der Waals surface area contributed by atoms with Crippen molar-refractivity contribution in [3.8, 4) is 0 Å². The predicted molar refractivity (Wildman–Crippen MR) is 70.1 cm³/mol. The molecule has 1 atom stereocenters. The first kappa shape index (κ1) is 13.3. The SMILES string of the molecule is C=C(C)C(OC(C)=O)c1ccccc1N(C)C. The predicted octanol–water partition coefficient (Wildman–Crippen LogP) is 2.93. The smallest absolute Gasteiger partial charge is 0.303 e. The summed E-state index contributed by atoms with van der Waals surface area (Å²) < 4.78 is 5.32. The van der Waals surface area contributed by atoms with Crippen LogP contribution in [0.1, 0.15) is 25.5 Å². The average molecular weight is 233 g/mol. The van der Waals surface area contributed by atoms with Gasteiger partial charge in [-0.3, -0.25) is 4.79 Å². The molecule has 3 heteroatoms.